The summed E-state index contributed by atoms with van der Waals surface area (Å²) in [7, 11) is 0. The fourth-order valence-electron chi connectivity index (χ4n) is 0.896. The van der Waals surface area contributed by atoms with Gasteiger partial charge in [-0.1, -0.05) is 29.8 Å². The van der Waals surface area contributed by atoms with E-state index in [1.54, 1.807) is 6.07 Å². The smallest absolute Gasteiger partial charge is 0.0555 e. The highest BCUT2D eigenvalue weighted by atomic mass is 35.5. The molecular weight excluding hydrogens is 162 g/mol. The first kappa shape index (κ1) is 8.53. The van der Waals surface area contributed by atoms with Crippen molar-refractivity contribution in [2.24, 2.45) is 0 Å². The van der Waals surface area contributed by atoms with Gasteiger partial charge in [0.1, 0.15) is 0 Å². The fraction of sp³-hybridized carbons (Fsp3) is 0.250. The zero-order valence-corrected chi connectivity index (χ0v) is 6.97. The molecule has 0 bridgehead atoms. The van der Waals surface area contributed by atoms with E-state index in [1.165, 1.54) is 0 Å². The lowest BCUT2D eigenvalue weighted by Crippen LogP contribution is -2.13. The minimum Gasteiger partial charge on any atom is -0.316 e. The lowest BCUT2D eigenvalue weighted by atomic mass is 10.1. The summed E-state index contributed by atoms with van der Waals surface area (Å²) in [6, 6.07) is 7.29. The van der Waals surface area contributed by atoms with Crippen LogP contribution in [0.5, 0.6) is 0 Å². The van der Waals surface area contributed by atoms with Crippen LogP contribution in [-0.2, 0) is 0 Å². The molecule has 0 aliphatic heterocycles. The van der Waals surface area contributed by atoms with Crippen molar-refractivity contribution in [3.05, 3.63) is 34.9 Å². The van der Waals surface area contributed by atoms with Crippen molar-refractivity contribution in [2.75, 3.05) is 0 Å². The van der Waals surface area contributed by atoms with Crippen molar-refractivity contribution in [1.29, 1.82) is 0 Å². The number of hydroxylamine groups is 1. The zero-order valence-electron chi connectivity index (χ0n) is 6.21. The first-order chi connectivity index (χ1) is 5.25. The molecule has 0 saturated carbocycles. The standard InChI is InChI=1S/C8H10ClNO/c1-6(10-11)7-4-2-3-5-8(7)9/h2-6,10-11H,1H3/t6-/m1/s1. The first-order valence-corrected chi connectivity index (χ1v) is 3.77. The van der Waals surface area contributed by atoms with Crippen molar-refractivity contribution in [3.63, 3.8) is 0 Å². The van der Waals surface area contributed by atoms with E-state index >= 15 is 0 Å². The Balaban J connectivity index is 2.93. The molecule has 0 aromatic heterocycles. The molecule has 11 heavy (non-hydrogen) atoms. The van der Waals surface area contributed by atoms with Gasteiger partial charge >= 0.3 is 0 Å². The summed E-state index contributed by atoms with van der Waals surface area (Å²) in [5, 5.41) is 9.27. The van der Waals surface area contributed by atoms with Crippen molar-refractivity contribution < 1.29 is 5.21 Å². The lowest BCUT2D eigenvalue weighted by Gasteiger charge is -2.10. The molecule has 0 unspecified atom stereocenters. The Morgan fingerprint density at radius 3 is 2.64 bits per heavy atom. The maximum absolute atomic E-state index is 8.60. The van der Waals surface area contributed by atoms with E-state index in [2.05, 4.69) is 5.48 Å². The largest absolute Gasteiger partial charge is 0.316 e. The molecule has 1 atom stereocenters. The predicted octanol–water partition coefficient (Wildman–Crippen LogP) is 2.38. The second-order valence-corrected chi connectivity index (χ2v) is 2.78. The van der Waals surface area contributed by atoms with Gasteiger partial charge in [0.05, 0.1) is 6.04 Å². The van der Waals surface area contributed by atoms with Crippen LogP contribution in [-0.4, -0.2) is 5.21 Å². The second kappa shape index (κ2) is 3.72. The molecule has 2 nitrogen and oxygen atoms in total. The normalized spacial score (nSPS) is 13.0. The molecule has 3 heteroatoms. The summed E-state index contributed by atoms with van der Waals surface area (Å²) in [5.41, 5.74) is 3.04. The van der Waals surface area contributed by atoms with Crippen molar-refractivity contribution in [3.8, 4) is 0 Å². The summed E-state index contributed by atoms with van der Waals surface area (Å²) in [6.45, 7) is 1.83. The topological polar surface area (TPSA) is 32.3 Å². The SMILES string of the molecule is C[C@@H](NO)c1ccccc1Cl. The Morgan fingerprint density at radius 2 is 2.09 bits per heavy atom. The molecule has 1 aromatic carbocycles. The second-order valence-electron chi connectivity index (χ2n) is 2.37. The average Bonchev–Trinajstić information content (AvgIpc) is 2.04. The summed E-state index contributed by atoms with van der Waals surface area (Å²) >= 11 is 5.85. The Bertz CT molecular complexity index is 239. The fourth-order valence-corrected chi connectivity index (χ4v) is 1.20. The van der Waals surface area contributed by atoms with E-state index in [-0.39, 0.29) is 6.04 Å². The molecule has 0 aliphatic carbocycles. The summed E-state index contributed by atoms with van der Waals surface area (Å²) < 4.78 is 0. The lowest BCUT2D eigenvalue weighted by molar-refractivity contribution is 0.133. The van der Waals surface area contributed by atoms with Gasteiger partial charge in [-0.15, -0.1) is 0 Å². The molecule has 0 spiro atoms. The van der Waals surface area contributed by atoms with Gasteiger partial charge in [-0.25, -0.2) is 0 Å². The van der Waals surface area contributed by atoms with Gasteiger partial charge in [0.2, 0.25) is 0 Å². The highest BCUT2D eigenvalue weighted by Crippen LogP contribution is 2.21. The minimum atomic E-state index is -0.122. The van der Waals surface area contributed by atoms with E-state index in [4.69, 9.17) is 16.8 Å². The molecule has 0 saturated heterocycles. The number of halogens is 1. The Labute approximate surface area is 70.8 Å². The Kier molecular flexibility index (Phi) is 2.88. The van der Waals surface area contributed by atoms with Gasteiger partial charge in [-0.05, 0) is 18.6 Å². The van der Waals surface area contributed by atoms with Crippen LogP contribution in [0.2, 0.25) is 5.02 Å². The van der Waals surface area contributed by atoms with E-state index < -0.39 is 0 Å². The quantitative estimate of drug-likeness (QED) is 0.670. The number of hydrogen-bond donors (Lipinski definition) is 2. The number of rotatable bonds is 2. The van der Waals surface area contributed by atoms with Crippen molar-refractivity contribution >= 4 is 11.6 Å². The molecule has 0 amide bonds. The number of benzene rings is 1. The summed E-state index contributed by atoms with van der Waals surface area (Å²) in [4.78, 5) is 0. The molecule has 1 rings (SSSR count). The minimum absolute atomic E-state index is 0.122. The zero-order chi connectivity index (χ0) is 8.27. The van der Waals surface area contributed by atoms with E-state index in [0.29, 0.717) is 5.02 Å². The molecule has 0 fully saturated rings. The first-order valence-electron chi connectivity index (χ1n) is 3.39. The van der Waals surface area contributed by atoms with Gasteiger partial charge in [-0.3, -0.25) is 0 Å². The molecule has 0 radical (unpaired) electrons. The van der Waals surface area contributed by atoms with Gasteiger partial charge in [-0.2, -0.15) is 5.48 Å². The van der Waals surface area contributed by atoms with Crippen LogP contribution in [0.3, 0.4) is 0 Å². The van der Waals surface area contributed by atoms with Crippen molar-refractivity contribution in [2.45, 2.75) is 13.0 Å². The highest BCUT2D eigenvalue weighted by Gasteiger charge is 2.05. The van der Waals surface area contributed by atoms with Crippen LogP contribution < -0.4 is 5.48 Å². The van der Waals surface area contributed by atoms with Gasteiger partial charge in [0.25, 0.3) is 0 Å². The van der Waals surface area contributed by atoms with Gasteiger partial charge in [0.15, 0.2) is 0 Å². The van der Waals surface area contributed by atoms with Crippen LogP contribution in [0.4, 0.5) is 0 Å². The molecular formula is C8H10ClNO. The number of hydrogen-bond acceptors (Lipinski definition) is 2. The molecule has 1 aromatic rings. The van der Waals surface area contributed by atoms with Crippen molar-refractivity contribution in [1.82, 2.24) is 5.48 Å². The molecule has 2 N–H and O–H groups in total. The van der Waals surface area contributed by atoms with Crippen LogP contribution in [0.1, 0.15) is 18.5 Å². The summed E-state index contributed by atoms with van der Waals surface area (Å²) in [5.74, 6) is 0. The third-order valence-corrected chi connectivity index (χ3v) is 1.91. The third kappa shape index (κ3) is 1.93. The van der Waals surface area contributed by atoms with E-state index in [0.717, 1.165) is 5.56 Å². The van der Waals surface area contributed by atoms with Crippen LogP contribution in [0.15, 0.2) is 24.3 Å². The molecule has 60 valence electrons. The van der Waals surface area contributed by atoms with Crippen LogP contribution in [0.25, 0.3) is 0 Å². The predicted molar refractivity (Wildman–Crippen MR) is 44.8 cm³/mol. The van der Waals surface area contributed by atoms with E-state index in [9.17, 15) is 0 Å². The Hall–Kier alpha value is -0.570. The maximum atomic E-state index is 8.60. The van der Waals surface area contributed by atoms with Crippen LogP contribution in [0, 0.1) is 0 Å². The molecule has 0 aliphatic rings. The number of nitrogens with one attached hydrogen (secondary N) is 1. The van der Waals surface area contributed by atoms with Crippen LogP contribution >= 0.6 is 11.6 Å². The van der Waals surface area contributed by atoms with E-state index in [1.807, 2.05) is 25.1 Å². The highest BCUT2D eigenvalue weighted by molar-refractivity contribution is 6.31. The summed E-state index contributed by atoms with van der Waals surface area (Å²) in [6.07, 6.45) is 0. The van der Waals surface area contributed by atoms with Gasteiger partial charge < -0.3 is 5.21 Å². The maximum Gasteiger partial charge on any atom is 0.0555 e. The monoisotopic (exact) mass is 171 g/mol. The average molecular weight is 172 g/mol. The molecule has 0 heterocycles. The Morgan fingerprint density at radius 1 is 1.45 bits per heavy atom. The third-order valence-electron chi connectivity index (χ3n) is 1.57. The van der Waals surface area contributed by atoms with Gasteiger partial charge in [0, 0.05) is 5.02 Å².